The predicted molar refractivity (Wildman–Crippen MR) is 88.9 cm³/mol. The number of carbonyl (C=O) groups is 1. The molecule has 0 saturated heterocycles. The Hall–Kier alpha value is -3.48. The molecule has 6 nitrogen and oxygen atoms in total. The summed E-state index contributed by atoms with van der Waals surface area (Å²) < 4.78 is 19.2. The van der Waals surface area contributed by atoms with Gasteiger partial charge in [0.05, 0.1) is 24.5 Å². The number of ether oxygens (including phenoxy) is 1. The Balaban J connectivity index is 1.61. The van der Waals surface area contributed by atoms with Gasteiger partial charge in [-0.1, -0.05) is 12.1 Å². The van der Waals surface area contributed by atoms with Crippen molar-refractivity contribution in [1.82, 2.24) is 9.97 Å². The second kappa shape index (κ2) is 7.39. The molecule has 0 spiro atoms. The lowest BCUT2D eigenvalue weighted by atomic mass is 10.1. The molecule has 3 aromatic rings. The van der Waals surface area contributed by atoms with Crippen LogP contribution in [0.2, 0.25) is 0 Å². The first kappa shape index (κ1) is 16.4. The molecule has 1 aromatic carbocycles. The zero-order chi connectivity index (χ0) is 17.6. The first-order valence-corrected chi connectivity index (χ1v) is 7.42. The fourth-order valence-electron chi connectivity index (χ4n) is 2.12. The number of hydrogen-bond acceptors (Lipinski definition) is 5. The van der Waals surface area contributed by atoms with Crippen LogP contribution in [0.1, 0.15) is 5.56 Å². The number of nitrogens with zero attached hydrogens (tertiary/aromatic N) is 2. The van der Waals surface area contributed by atoms with Crippen LogP contribution in [0.5, 0.6) is 17.4 Å². The molecule has 0 radical (unpaired) electrons. The molecule has 0 aliphatic carbocycles. The van der Waals surface area contributed by atoms with E-state index < -0.39 is 17.5 Å². The van der Waals surface area contributed by atoms with Gasteiger partial charge in [-0.25, -0.2) is 9.37 Å². The molecule has 126 valence electrons. The molecule has 0 unspecified atom stereocenters. The largest absolute Gasteiger partial charge is 0.505 e. The maximum atomic E-state index is 13.7. The minimum atomic E-state index is -0.795. The number of rotatable bonds is 5. The Morgan fingerprint density at radius 2 is 2.04 bits per heavy atom. The molecule has 0 bridgehead atoms. The van der Waals surface area contributed by atoms with E-state index in [4.69, 9.17) is 4.74 Å². The highest BCUT2D eigenvalue weighted by atomic mass is 19.1. The number of hydrogen-bond donors (Lipinski definition) is 2. The van der Waals surface area contributed by atoms with Crippen LogP contribution >= 0.6 is 0 Å². The van der Waals surface area contributed by atoms with Crippen LogP contribution in [-0.4, -0.2) is 21.0 Å². The lowest BCUT2D eigenvalue weighted by molar-refractivity contribution is -0.115. The standard InChI is InChI=1S/C18H14FN3O3/c19-18-12(3-1-5-15(18)23)9-16(24)22-13-6-7-17(21-10-13)25-14-4-2-8-20-11-14/h1-8,10-11,23H,9H2,(H,22,24). The van der Waals surface area contributed by atoms with Gasteiger partial charge in [-0.15, -0.1) is 0 Å². The molecular weight excluding hydrogens is 325 g/mol. The van der Waals surface area contributed by atoms with Crippen molar-refractivity contribution >= 4 is 11.6 Å². The fraction of sp³-hybridized carbons (Fsp3) is 0.0556. The summed E-state index contributed by atoms with van der Waals surface area (Å²) in [5.41, 5.74) is 0.561. The summed E-state index contributed by atoms with van der Waals surface area (Å²) in [5.74, 6) is -0.803. The second-order valence-corrected chi connectivity index (χ2v) is 5.15. The predicted octanol–water partition coefficient (Wildman–Crippen LogP) is 3.29. The SMILES string of the molecule is O=C(Cc1cccc(O)c1F)Nc1ccc(Oc2cccnc2)nc1. The number of amides is 1. The fourth-order valence-corrected chi connectivity index (χ4v) is 2.12. The van der Waals surface area contributed by atoms with Gasteiger partial charge in [0.25, 0.3) is 0 Å². The van der Waals surface area contributed by atoms with E-state index in [2.05, 4.69) is 15.3 Å². The van der Waals surface area contributed by atoms with Crippen LogP contribution in [0.15, 0.2) is 61.1 Å². The Kier molecular flexibility index (Phi) is 4.84. The van der Waals surface area contributed by atoms with Crippen LogP contribution in [-0.2, 0) is 11.2 Å². The molecule has 0 atom stereocenters. The van der Waals surface area contributed by atoms with Crippen molar-refractivity contribution in [3.63, 3.8) is 0 Å². The molecule has 1 amide bonds. The molecule has 0 aliphatic heterocycles. The van der Waals surface area contributed by atoms with Gasteiger partial charge >= 0.3 is 0 Å². The zero-order valence-electron chi connectivity index (χ0n) is 13.0. The summed E-state index contributed by atoms with van der Waals surface area (Å²) in [4.78, 5) is 20.0. The number of aromatic hydroxyl groups is 1. The van der Waals surface area contributed by atoms with Gasteiger partial charge in [-0.05, 0) is 24.3 Å². The minimum Gasteiger partial charge on any atom is -0.505 e. The molecule has 2 heterocycles. The Morgan fingerprint density at radius 1 is 1.16 bits per heavy atom. The van der Waals surface area contributed by atoms with Crippen molar-refractivity contribution in [1.29, 1.82) is 0 Å². The van der Waals surface area contributed by atoms with Gasteiger partial charge in [0.15, 0.2) is 11.6 Å². The van der Waals surface area contributed by atoms with E-state index in [-0.39, 0.29) is 12.0 Å². The quantitative estimate of drug-likeness (QED) is 0.745. The third kappa shape index (κ3) is 4.29. The topological polar surface area (TPSA) is 84.3 Å². The first-order chi connectivity index (χ1) is 12.1. The number of anilines is 1. The van der Waals surface area contributed by atoms with Crippen molar-refractivity contribution < 1.29 is 19.0 Å². The molecule has 25 heavy (non-hydrogen) atoms. The monoisotopic (exact) mass is 339 g/mol. The van der Waals surface area contributed by atoms with Crippen molar-refractivity contribution in [2.45, 2.75) is 6.42 Å². The minimum absolute atomic E-state index is 0.113. The van der Waals surface area contributed by atoms with Crippen molar-refractivity contribution in [3.05, 3.63) is 72.4 Å². The third-order valence-electron chi connectivity index (χ3n) is 3.29. The molecule has 2 aromatic heterocycles. The summed E-state index contributed by atoms with van der Waals surface area (Å²) in [6, 6.07) is 10.8. The molecule has 0 saturated carbocycles. The second-order valence-electron chi connectivity index (χ2n) is 5.15. The number of nitrogens with one attached hydrogen (secondary N) is 1. The molecule has 3 rings (SSSR count). The zero-order valence-corrected chi connectivity index (χ0v) is 13.0. The number of aromatic nitrogens is 2. The lowest BCUT2D eigenvalue weighted by Gasteiger charge is -2.08. The highest BCUT2D eigenvalue weighted by Gasteiger charge is 2.11. The highest BCUT2D eigenvalue weighted by Crippen LogP contribution is 2.21. The Morgan fingerprint density at radius 3 is 2.76 bits per heavy atom. The lowest BCUT2D eigenvalue weighted by Crippen LogP contribution is -2.15. The summed E-state index contributed by atoms with van der Waals surface area (Å²) in [6.45, 7) is 0. The van der Waals surface area contributed by atoms with Crippen LogP contribution in [0.3, 0.4) is 0 Å². The van der Waals surface area contributed by atoms with Crippen molar-refractivity contribution in [2.75, 3.05) is 5.32 Å². The average Bonchev–Trinajstić information content (AvgIpc) is 2.62. The van der Waals surface area contributed by atoms with Gasteiger partial charge < -0.3 is 15.2 Å². The van der Waals surface area contributed by atoms with E-state index in [9.17, 15) is 14.3 Å². The maximum absolute atomic E-state index is 13.7. The Bertz CT molecular complexity index is 870. The van der Waals surface area contributed by atoms with Gasteiger partial charge in [-0.3, -0.25) is 9.78 Å². The number of phenols is 1. The summed E-state index contributed by atoms with van der Waals surface area (Å²) in [6.07, 6.45) is 4.42. The van der Waals surface area contributed by atoms with Crippen LogP contribution in [0, 0.1) is 5.82 Å². The number of halogens is 1. The van der Waals surface area contributed by atoms with Gasteiger partial charge in [0, 0.05) is 17.8 Å². The highest BCUT2D eigenvalue weighted by molar-refractivity contribution is 5.92. The first-order valence-electron chi connectivity index (χ1n) is 7.42. The molecule has 0 fully saturated rings. The molecular formula is C18H14FN3O3. The van der Waals surface area contributed by atoms with Gasteiger partial charge in [0.1, 0.15) is 5.75 Å². The molecule has 2 N–H and O–H groups in total. The van der Waals surface area contributed by atoms with E-state index in [1.165, 1.54) is 24.4 Å². The number of pyridine rings is 2. The van der Waals surface area contributed by atoms with Crippen LogP contribution < -0.4 is 10.1 Å². The van der Waals surface area contributed by atoms with E-state index in [0.29, 0.717) is 17.3 Å². The summed E-state index contributed by atoms with van der Waals surface area (Å²) >= 11 is 0. The van der Waals surface area contributed by atoms with E-state index in [1.807, 2.05) is 0 Å². The number of carbonyl (C=O) groups excluding carboxylic acids is 1. The molecule has 7 heteroatoms. The Labute approximate surface area is 142 Å². The number of phenolic OH excluding ortho intramolecular Hbond substituents is 1. The van der Waals surface area contributed by atoms with Gasteiger partial charge in [-0.2, -0.15) is 0 Å². The summed E-state index contributed by atoms with van der Waals surface area (Å²) in [7, 11) is 0. The van der Waals surface area contributed by atoms with Crippen molar-refractivity contribution in [2.24, 2.45) is 0 Å². The molecule has 0 aliphatic rings. The summed E-state index contributed by atoms with van der Waals surface area (Å²) in [5, 5.41) is 11.9. The van der Waals surface area contributed by atoms with Crippen molar-refractivity contribution in [3.8, 4) is 17.4 Å². The smallest absolute Gasteiger partial charge is 0.228 e. The normalized spacial score (nSPS) is 10.3. The van der Waals surface area contributed by atoms with E-state index in [1.54, 1.807) is 36.7 Å². The maximum Gasteiger partial charge on any atom is 0.228 e. The van der Waals surface area contributed by atoms with Gasteiger partial charge in [0.2, 0.25) is 11.8 Å². The van der Waals surface area contributed by atoms with Crippen LogP contribution in [0.25, 0.3) is 0 Å². The van der Waals surface area contributed by atoms with E-state index >= 15 is 0 Å². The van der Waals surface area contributed by atoms with Crippen LogP contribution in [0.4, 0.5) is 10.1 Å². The average molecular weight is 339 g/mol. The third-order valence-corrected chi connectivity index (χ3v) is 3.29. The van der Waals surface area contributed by atoms with E-state index in [0.717, 1.165) is 0 Å². The number of benzene rings is 1.